The molecule has 2 aliphatic heterocycles. The van der Waals surface area contributed by atoms with Crippen LogP contribution in [0.5, 0.6) is 5.75 Å². The molecule has 0 spiro atoms. The highest BCUT2D eigenvalue weighted by Gasteiger charge is 2.30. The van der Waals surface area contributed by atoms with E-state index in [9.17, 15) is 0 Å². The lowest BCUT2D eigenvalue weighted by Crippen LogP contribution is -2.32. The van der Waals surface area contributed by atoms with E-state index in [0.717, 1.165) is 18.8 Å². The molecule has 1 aromatic carbocycles. The zero-order chi connectivity index (χ0) is 11.0. The third kappa shape index (κ3) is 1.71. The van der Waals surface area contributed by atoms with Gasteiger partial charge in [0.2, 0.25) is 0 Å². The van der Waals surface area contributed by atoms with Gasteiger partial charge in [-0.3, -0.25) is 0 Å². The first-order valence-corrected chi connectivity index (χ1v) is 6.31. The summed E-state index contributed by atoms with van der Waals surface area (Å²) in [6.07, 6.45) is 3.80. The second kappa shape index (κ2) is 4.10. The maximum atomic E-state index is 5.74. The molecular formula is C14H19NO. The molecule has 0 amide bonds. The highest BCUT2D eigenvalue weighted by Crippen LogP contribution is 2.38. The smallest absolute Gasteiger partial charge is 0.122 e. The Labute approximate surface area is 97.0 Å². The Hall–Kier alpha value is -1.02. The summed E-state index contributed by atoms with van der Waals surface area (Å²) in [4.78, 5) is 0. The zero-order valence-electron chi connectivity index (χ0n) is 9.83. The van der Waals surface area contributed by atoms with Crippen molar-refractivity contribution < 1.29 is 4.74 Å². The minimum Gasteiger partial charge on any atom is -0.493 e. The average Bonchev–Trinajstić information content (AvgIpc) is 2.81. The summed E-state index contributed by atoms with van der Waals surface area (Å²) in [5.41, 5.74) is 2.76. The molecule has 2 unspecified atom stereocenters. The Kier molecular flexibility index (Phi) is 2.60. The summed E-state index contributed by atoms with van der Waals surface area (Å²) >= 11 is 0. The van der Waals surface area contributed by atoms with Gasteiger partial charge in [-0.15, -0.1) is 0 Å². The lowest BCUT2D eigenvalue weighted by atomic mass is 9.85. The fraction of sp³-hybridized carbons (Fsp3) is 0.571. The molecule has 0 saturated carbocycles. The number of aryl methyl sites for hydroxylation is 1. The molecule has 86 valence electrons. The highest BCUT2D eigenvalue weighted by atomic mass is 16.5. The minimum absolute atomic E-state index is 0.658. The van der Waals surface area contributed by atoms with Gasteiger partial charge in [-0.1, -0.05) is 17.7 Å². The van der Waals surface area contributed by atoms with Crippen LogP contribution in [0.2, 0.25) is 0 Å². The quantitative estimate of drug-likeness (QED) is 0.780. The average molecular weight is 217 g/mol. The van der Waals surface area contributed by atoms with Gasteiger partial charge in [0.1, 0.15) is 5.75 Å². The molecular weight excluding hydrogens is 198 g/mol. The Morgan fingerprint density at radius 1 is 1.31 bits per heavy atom. The predicted molar refractivity (Wildman–Crippen MR) is 65.1 cm³/mol. The number of nitrogens with one attached hydrogen (secondary N) is 1. The van der Waals surface area contributed by atoms with Crippen LogP contribution in [-0.4, -0.2) is 19.2 Å². The van der Waals surface area contributed by atoms with Crippen LogP contribution < -0.4 is 10.1 Å². The standard InChI is InChI=1S/C14H19NO/c1-10-4-5-14-12(9-10)11(6-8-16-14)13-3-2-7-15-13/h4-5,9,11,13,15H,2-3,6-8H2,1H3. The van der Waals surface area contributed by atoms with Crippen LogP contribution >= 0.6 is 0 Å². The van der Waals surface area contributed by atoms with Crippen LogP contribution in [0.25, 0.3) is 0 Å². The van der Waals surface area contributed by atoms with E-state index >= 15 is 0 Å². The van der Waals surface area contributed by atoms with Crippen molar-refractivity contribution in [3.8, 4) is 5.75 Å². The van der Waals surface area contributed by atoms with Gasteiger partial charge >= 0.3 is 0 Å². The summed E-state index contributed by atoms with van der Waals surface area (Å²) in [6, 6.07) is 7.25. The minimum atomic E-state index is 0.658. The molecule has 2 atom stereocenters. The van der Waals surface area contributed by atoms with E-state index in [0.29, 0.717) is 12.0 Å². The van der Waals surface area contributed by atoms with E-state index in [1.54, 1.807) is 0 Å². The third-order valence-corrected chi connectivity index (χ3v) is 3.84. The normalized spacial score (nSPS) is 28.6. The van der Waals surface area contributed by atoms with Crippen molar-refractivity contribution in [3.63, 3.8) is 0 Å². The fourth-order valence-corrected chi connectivity index (χ4v) is 3.01. The molecule has 16 heavy (non-hydrogen) atoms. The second-order valence-electron chi connectivity index (χ2n) is 4.99. The summed E-state index contributed by atoms with van der Waals surface area (Å²) < 4.78 is 5.74. The van der Waals surface area contributed by atoms with Crippen LogP contribution in [0, 0.1) is 6.92 Å². The van der Waals surface area contributed by atoms with Gasteiger partial charge < -0.3 is 10.1 Å². The Bertz CT molecular complexity index is 382. The van der Waals surface area contributed by atoms with Gasteiger partial charge in [0.15, 0.2) is 0 Å². The Morgan fingerprint density at radius 3 is 3.06 bits per heavy atom. The molecule has 0 bridgehead atoms. The van der Waals surface area contributed by atoms with Crippen LogP contribution in [0.15, 0.2) is 18.2 Å². The first-order chi connectivity index (χ1) is 7.84. The van der Waals surface area contributed by atoms with E-state index in [-0.39, 0.29) is 0 Å². The van der Waals surface area contributed by atoms with Gasteiger partial charge in [-0.2, -0.15) is 0 Å². The third-order valence-electron chi connectivity index (χ3n) is 3.84. The summed E-state index contributed by atoms with van der Waals surface area (Å²) in [7, 11) is 0. The molecule has 1 fully saturated rings. The molecule has 0 radical (unpaired) electrons. The van der Waals surface area contributed by atoms with Gasteiger partial charge in [0.25, 0.3) is 0 Å². The van der Waals surface area contributed by atoms with Crippen molar-refractivity contribution in [2.75, 3.05) is 13.2 Å². The van der Waals surface area contributed by atoms with Crippen LogP contribution in [0.1, 0.15) is 36.3 Å². The van der Waals surface area contributed by atoms with E-state index in [1.165, 1.54) is 30.5 Å². The van der Waals surface area contributed by atoms with Gasteiger partial charge in [0.05, 0.1) is 6.61 Å². The summed E-state index contributed by atoms with van der Waals surface area (Å²) in [5, 5.41) is 3.63. The molecule has 2 aliphatic rings. The van der Waals surface area contributed by atoms with Gasteiger partial charge in [0, 0.05) is 12.0 Å². The molecule has 0 aromatic heterocycles. The maximum absolute atomic E-state index is 5.74. The predicted octanol–water partition coefficient (Wildman–Crippen LogP) is 2.61. The number of hydrogen-bond acceptors (Lipinski definition) is 2. The van der Waals surface area contributed by atoms with Crippen LogP contribution in [-0.2, 0) is 0 Å². The van der Waals surface area contributed by atoms with E-state index < -0.39 is 0 Å². The second-order valence-corrected chi connectivity index (χ2v) is 4.99. The van der Waals surface area contributed by atoms with Crippen molar-refractivity contribution in [3.05, 3.63) is 29.3 Å². The topological polar surface area (TPSA) is 21.3 Å². The number of fused-ring (bicyclic) bond motifs is 1. The maximum Gasteiger partial charge on any atom is 0.122 e. The summed E-state index contributed by atoms with van der Waals surface area (Å²) in [6.45, 7) is 4.22. The fourth-order valence-electron chi connectivity index (χ4n) is 3.01. The number of hydrogen-bond donors (Lipinski definition) is 1. The Balaban J connectivity index is 1.94. The van der Waals surface area contributed by atoms with Gasteiger partial charge in [-0.25, -0.2) is 0 Å². The molecule has 3 rings (SSSR count). The lowest BCUT2D eigenvalue weighted by Gasteiger charge is -2.30. The molecule has 2 heterocycles. The number of ether oxygens (including phenoxy) is 1. The van der Waals surface area contributed by atoms with Crippen molar-refractivity contribution in [1.82, 2.24) is 5.32 Å². The first kappa shape index (κ1) is 10.2. The first-order valence-electron chi connectivity index (χ1n) is 6.31. The number of rotatable bonds is 1. The van der Waals surface area contributed by atoms with Crippen molar-refractivity contribution in [2.45, 2.75) is 38.1 Å². The molecule has 1 saturated heterocycles. The molecule has 2 nitrogen and oxygen atoms in total. The SMILES string of the molecule is Cc1ccc2c(c1)C(C1CCCN1)CCO2. The van der Waals surface area contributed by atoms with E-state index in [4.69, 9.17) is 4.74 Å². The summed E-state index contributed by atoms with van der Waals surface area (Å²) in [5.74, 6) is 1.77. The van der Waals surface area contributed by atoms with Crippen molar-refractivity contribution in [2.24, 2.45) is 0 Å². The van der Waals surface area contributed by atoms with Crippen molar-refractivity contribution in [1.29, 1.82) is 0 Å². The highest BCUT2D eigenvalue weighted by molar-refractivity contribution is 5.41. The van der Waals surface area contributed by atoms with Gasteiger partial charge in [-0.05, 0) is 44.4 Å². The van der Waals surface area contributed by atoms with Crippen LogP contribution in [0.4, 0.5) is 0 Å². The molecule has 0 aliphatic carbocycles. The monoisotopic (exact) mass is 217 g/mol. The number of benzene rings is 1. The van der Waals surface area contributed by atoms with Crippen molar-refractivity contribution >= 4 is 0 Å². The molecule has 1 N–H and O–H groups in total. The molecule has 2 heteroatoms. The molecule has 1 aromatic rings. The Morgan fingerprint density at radius 2 is 2.25 bits per heavy atom. The van der Waals surface area contributed by atoms with E-state index in [2.05, 4.69) is 30.4 Å². The lowest BCUT2D eigenvalue weighted by molar-refractivity contribution is 0.250. The largest absolute Gasteiger partial charge is 0.493 e. The van der Waals surface area contributed by atoms with Crippen LogP contribution in [0.3, 0.4) is 0 Å². The zero-order valence-corrected chi connectivity index (χ0v) is 9.83. The van der Waals surface area contributed by atoms with E-state index in [1.807, 2.05) is 0 Å².